The van der Waals surface area contributed by atoms with Crippen molar-refractivity contribution in [2.75, 3.05) is 0 Å². The lowest BCUT2D eigenvalue weighted by Crippen LogP contribution is -2.51. The zero-order chi connectivity index (χ0) is 14.0. The highest BCUT2D eigenvalue weighted by molar-refractivity contribution is 5.34. The van der Waals surface area contributed by atoms with Crippen LogP contribution in [0.5, 0.6) is 0 Å². The highest BCUT2D eigenvalue weighted by atomic mass is 14.8. The predicted octanol–water partition coefficient (Wildman–Crippen LogP) is 4.44. The van der Waals surface area contributed by atoms with Crippen molar-refractivity contribution in [3.8, 4) is 0 Å². The minimum atomic E-state index is 0.438. The van der Waals surface area contributed by atoms with Gasteiger partial charge in [0, 0.05) is 6.04 Å². The Hall–Kier alpha value is -0.560. The summed E-state index contributed by atoms with van der Waals surface area (Å²) in [7, 11) is 0. The maximum atomic E-state index is 6.48. The molecule has 0 aliphatic heterocycles. The van der Waals surface area contributed by atoms with Crippen LogP contribution in [0.4, 0.5) is 0 Å². The fourth-order valence-electron chi connectivity index (χ4n) is 6.34. The molecule has 0 amide bonds. The van der Waals surface area contributed by atoms with Crippen molar-refractivity contribution in [2.45, 2.75) is 64.8 Å². The molecule has 2 N–H and O–H groups in total. The Morgan fingerprint density at radius 2 is 1.95 bits per heavy atom. The smallest absolute Gasteiger partial charge is 0.00957 e. The van der Waals surface area contributed by atoms with E-state index in [9.17, 15) is 0 Å². The second kappa shape index (κ2) is 4.22. The van der Waals surface area contributed by atoms with E-state index in [2.05, 4.69) is 32.1 Å². The number of nitrogens with two attached hydrogens (primary N) is 1. The number of hydrogen-bond acceptors (Lipinski definition) is 1. The molecule has 4 aliphatic rings. The summed E-state index contributed by atoms with van der Waals surface area (Å²) in [6.07, 6.45) is 16.8. The summed E-state index contributed by atoms with van der Waals surface area (Å²) in [4.78, 5) is 0. The highest BCUT2D eigenvalue weighted by Gasteiger charge is 2.57. The van der Waals surface area contributed by atoms with Gasteiger partial charge >= 0.3 is 0 Å². The Kier molecular flexibility index (Phi) is 2.77. The lowest BCUT2D eigenvalue weighted by Gasteiger charge is -2.56. The molecule has 1 heteroatoms. The van der Waals surface area contributed by atoms with Gasteiger partial charge in [-0.2, -0.15) is 0 Å². The van der Waals surface area contributed by atoms with Gasteiger partial charge in [0.1, 0.15) is 0 Å². The normalized spacial score (nSPS) is 53.9. The minimum absolute atomic E-state index is 0.438. The first-order chi connectivity index (χ1) is 9.56. The van der Waals surface area contributed by atoms with E-state index < -0.39 is 0 Å². The molecule has 6 atom stereocenters. The minimum Gasteiger partial charge on any atom is -0.327 e. The van der Waals surface area contributed by atoms with Gasteiger partial charge < -0.3 is 5.73 Å². The summed E-state index contributed by atoms with van der Waals surface area (Å²) < 4.78 is 0. The topological polar surface area (TPSA) is 26.0 Å². The molecule has 0 spiro atoms. The third-order valence-corrected chi connectivity index (χ3v) is 7.73. The molecule has 0 radical (unpaired) electrons. The Morgan fingerprint density at radius 3 is 2.80 bits per heavy atom. The van der Waals surface area contributed by atoms with Gasteiger partial charge in [-0.1, -0.05) is 32.1 Å². The van der Waals surface area contributed by atoms with Crippen molar-refractivity contribution in [3.05, 3.63) is 23.8 Å². The van der Waals surface area contributed by atoms with E-state index in [0.29, 0.717) is 16.9 Å². The average molecular weight is 271 g/mol. The zero-order valence-corrected chi connectivity index (χ0v) is 13.1. The fourth-order valence-corrected chi connectivity index (χ4v) is 6.34. The summed E-state index contributed by atoms with van der Waals surface area (Å²) in [6.45, 7) is 5.05. The summed E-state index contributed by atoms with van der Waals surface area (Å²) in [5, 5.41) is 0. The maximum Gasteiger partial charge on any atom is 0.00957 e. The van der Waals surface area contributed by atoms with Crippen LogP contribution in [0.15, 0.2) is 23.8 Å². The summed E-state index contributed by atoms with van der Waals surface area (Å²) in [5.74, 6) is 2.70. The Morgan fingerprint density at radius 1 is 1.10 bits per heavy atom. The van der Waals surface area contributed by atoms with E-state index in [-0.39, 0.29) is 0 Å². The van der Waals surface area contributed by atoms with Gasteiger partial charge in [0.25, 0.3) is 0 Å². The third-order valence-electron chi connectivity index (χ3n) is 7.73. The van der Waals surface area contributed by atoms with Crippen LogP contribution in [-0.4, -0.2) is 6.04 Å². The van der Waals surface area contributed by atoms with Gasteiger partial charge in [-0.15, -0.1) is 0 Å². The van der Waals surface area contributed by atoms with Gasteiger partial charge in [-0.3, -0.25) is 0 Å². The molecule has 0 heterocycles. The van der Waals surface area contributed by atoms with Crippen molar-refractivity contribution < 1.29 is 0 Å². The first-order valence-electron chi connectivity index (χ1n) is 8.68. The largest absolute Gasteiger partial charge is 0.327 e. The van der Waals surface area contributed by atoms with Crippen molar-refractivity contribution in [2.24, 2.45) is 34.3 Å². The van der Waals surface area contributed by atoms with Crippen LogP contribution in [0.25, 0.3) is 0 Å². The number of hydrogen-bond donors (Lipinski definition) is 1. The SMILES string of the molecule is CC12CCC=CC1=CCC1C2CCC2(C)C(N)CCC12. The van der Waals surface area contributed by atoms with Crippen molar-refractivity contribution >= 4 is 0 Å². The fraction of sp³-hybridized carbons (Fsp3) is 0.789. The van der Waals surface area contributed by atoms with Crippen LogP contribution < -0.4 is 5.73 Å². The highest BCUT2D eigenvalue weighted by Crippen LogP contribution is 2.63. The molecule has 2 saturated carbocycles. The summed E-state index contributed by atoms with van der Waals surface area (Å²) >= 11 is 0. The van der Waals surface area contributed by atoms with E-state index in [1.165, 1.54) is 44.9 Å². The van der Waals surface area contributed by atoms with E-state index in [1.54, 1.807) is 5.57 Å². The quantitative estimate of drug-likeness (QED) is 0.692. The van der Waals surface area contributed by atoms with E-state index in [0.717, 1.165) is 17.8 Å². The second-order valence-electron chi connectivity index (χ2n) is 8.36. The average Bonchev–Trinajstić information content (AvgIpc) is 2.74. The van der Waals surface area contributed by atoms with Crippen LogP contribution in [0.3, 0.4) is 0 Å². The molecule has 0 aromatic heterocycles. The Bertz CT molecular complexity index is 476. The monoisotopic (exact) mass is 271 g/mol. The van der Waals surface area contributed by atoms with Crippen LogP contribution in [0, 0.1) is 28.6 Å². The summed E-state index contributed by atoms with van der Waals surface area (Å²) in [5.41, 5.74) is 9.03. The zero-order valence-electron chi connectivity index (χ0n) is 13.1. The van der Waals surface area contributed by atoms with E-state index >= 15 is 0 Å². The standard InChI is InChI=1S/C19H29N/c1-18-11-4-3-5-13(18)6-7-14-15-8-9-17(20)19(15,2)12-10-16(14)18/h3,5-6,14-17H,4,7-12,20H2,1-2H3. The van der Waals surface area contributed by atoms with Gasteiger partial charge in [-0.05, 0) is 79.1 Å². The Labute approximate surface area is 123 Å². The summed E-state index contributed by atoms with van der Waals surface area (Å²) in [6, 6.07) is 0.456. The first-order valence-corrected chi connectivity index (χ1v) is 8.68. The lowest BCUT2D eigenvalue weighted by atomic mass is 9.48. The molecule has 4 rings (SSSR count). The van der Waals surface area contributed by atoms with Crippen LogP contribution in [-0.2, 0) is 0 Å². The van der Waals surface area contributed by atoms with Gasteiger partial charge in [0.2, 0.25) is 0 Å². The molecule has 2 fully saturated rings. The molecule has 20 heavy (non-hydrogen) atoms. The molecular weight excluding hydrogens is 242 g/mol. The van der Waals surface area contributed by atoms with Gasteiger partial charge in [0.05, 0.1) is 0 Å². The molecular formula is C19H29N. The van der Waals surface area contributed by atoms with Crippen molar-refractivity contribution in [1.29, 1.82) is 0 Å². The van der Waals surface area contributed by atoms with Crippen LogP contribution >= 0.6 is 0 Å². The molecule has 110 valence electrons. The molecule has 0 bridgehead atoms. The maximum absolute atomic E-state index is 6.48. The predicted molar refractivity (Wildman–Crippen MR) is 84.2 cm³/mol. The van der Waals surface area contributed by atoms with Crippen LogP contribution in [0.1, 0.15) is 58.8 Å². The van der Waals surface area contributed by atoms with E-state index in [4.69, 9.17) is 5.73 Å². The van der Waals surface area contributed by atoms with Crippen molar-refractivity contribution in [1.82, 2.24) is 0 Å². The van der Waals surface area contributed by atoms with Crippen molar-refractivity contribution in [3.63, 3.8) is 0 Å². The molecule has 0 aromatic carbocycles. The molecule has 1 nitrogen and oxygen atoms in total. The number of allylic oxidation sites excluding steroid dienone is 4. The van der Waals surface area contributed by atoms with Gasteiger partial charge in [-0.25, -0.2) is 0 Å². The van der Waals surface area contributed by atoms with Gasteiger partial charge in [0.15, 0.2) is 0 Å². The molecule has 4 aliphatic carbocycles. The first kappa shape index (κ1) is 13.1. The third kappa shape index (κ3) is 1.53. The Balaban J connectivity index is 1.72. The molecule has 6 unspecified atom stereocenters. The second-order valence-corrected chi connectivity index (χ2v) is 8.36. The number of rotatable bonds is 0. The molecule has 0 aromatic rings. The van der Waals surface area contributed by atoms with Crippen LogP contribution in [0.2, 0.25) is 0 Å². The molecule has 0 saturated heterocycles. The van der Waals surface area contributed by atoms with E-state index in [1.807, 2.05) is 0 Å². The lowest BCUT2D eigenvalue weighted by molar-refractivity contribution is -0.0233. The number of fused-ring (bicyclic) bond motifs is 5.